The van der Waals surface area contributed by atoms with Crippen molar-refractivity contribution in [3.05, 3.63) is 28.3 Å². The Balaban J connectivity index is 2.46. The van der Waals surface area contributed by atoms with Gasteiger partial charge in [-0.25, -0.2) is 5.10 Å². The number of nitrogens with zero attached hydrogens (tertiary/aromatic N) is 3. The second-order valence-electron chi connectivity index (χ2n) is 4.59. The summed E-state index contributed by atoms with van der Waals surface area (Å²) in [7, 11) is 2.87. The Labute approximate surface area is 146 Å². The summed E-state index contributed by atoms with van der Waals surface area (Å²) in [6, 6.07) is 3.10. The van der Waals surface area contributed by atoms with E-state index in [1.807, 2.05) is 0 Å². The Morgan fingerprint density at radius 1 is 1.28 bits per heavy atom. The highest BCUT2D eigenvalue weighted by Gasteiger charge is 2.37. The van der Waals surface area contributed by atoms with E-state index in [-0.39, 0.29) is 4.77 Å². The standard InChI is InChI=1S/C14H15F3N4O3S/c1-4-24-11-9(22-2)5-8(6-10(11)23-3)7-18-21-12(14(15,16)17)19-20-13(21)25/h5-7H,4H2,1-3H3,(H,20,25)/b18-7-. The first-order valence-electron chi connectivity index (χ1n) is 6.99. The molecule has 0 aliphatic carbocycles. The van der Waals surface area contributed by atoms with Crippen LogP contribution >= 0.6 is 12.2 Å². The van der Waals surface area contributed by atoms with Crippen molar-refractivity contribution in [2.24, 2.45) is 5.10 Å². The van der Waals surface area contributed by atoms with Gasteiger partial charge in [-0.05, 0) is 31.3 Å². The lowest BCUT2D eigenvalue weighted by Gasteiger charge is -2.14. The van der Waals surface area contributed by atoms with Gasteiger partial charge in [0.05, 0.1) is 27.0 Å². The van der Waals surface area contributed by atoms with E-state index >= 15 is 0 Å². The van der Waals surface area contributed by atoms with Gasteiger partial charge >= 0.3 is 6.18 Å². The molecule has 0 saturated carbocycles. The third kappa shape index (κ3) is 4.10. The number of nitrogens with one attached hydrogen (secondary N) is 1. The minimum absolute atomic E-state index is 0.284. The highest BCUT2D eigenvalue weighted by atomic mass is 32.1. The molecule has 0 aliphatic rings. The first-order chi connectivity index (χ1) is 11.8. The highest BCUT2D eigenvalue weighted by Crippen LogP contribution is 2.38. The van der Waals surface area contributed by atoms with Crippen LogP contribution in [0.5, 0.6) is 17.2 Å². The van der Waals surface area contributed by atoms with Gasteiger partial charge in [-0.15, -0.1) is 5.10 Å². The van der Waals surface area contributed by atoms with Crippen LogP contribution in [0.4, 0.5) is 13.2 Å². The molecule has 0 spiro atoms. The molecule has 136 valence electrons. The number of hydrogen-bond acceptors (Lipinski definition) is 6. The number of halogens is 3. The maximum Gasteiger partial charge on any atom is 0.453 e. The zero-order chi connectivity index (χ0) is 18.6. The summed E-state index contributed by atoms with van der Waals surface area (Å²) in [5.41, 5.74) is 0.424. The smallest absolute Gasteiger partial charge is 0.453 e. The van der Waals surface area contributed by atoms with Gasteiger partial charge in [-0.1, -0.05) is 0 Å². The van der Waals surface area contributed by atoms with Gasteiger partial charge in [-0.2, -0.15) is 22.9 Å². The van der Waals surface area contributed by atoms with E-state index in [0.717, 1.165) is 0 Å². The summed E-state index contributed by atoms with van der Waals surface area (Å²) in [4.78, 5) is 0. The zero-order valence-electron chi connectivity index (χ0n) is 13.5. The Morgan fingerprint density at radius 3 is 2.36 bits per heavy atom. The molecule has 25 heavy (non-hydrogen) atoms. The Hall–Kier alpha value is -2.56. The Morgan fingerprint density at radius 2 is 1.88 bits per heavy atom. The van der Waals surface area contributed by atoms with E-state index in [0.29, 0.717) is 34.1 Å². The minimum Gasteiger partial charge on any atom is -0.493 e. The molecule has 1 aromatic heterocycles. The van der Waals surface area contributed by atoms with Crippen molar-refractivity contribution in [1.82, 2.24) is 14.9 Å². The van der Waals surface area contributed by atoms with Crippen LogP contribution in [0, 0.1) is 4.77 Å². The lowest BCUT2D eigenvalue weighted by molar-refractivity contribution is -0.147. The van der Waals surface area contributed by atoms with Gasteiger partial charge < -0.3 is 14.2 Å². The third-order valence-corrected chi connectivity index (χ3v) is 3.26. The van der Waals surface area contributed by atoms with E-state index in [1.165, 1.54) is 20.4 Å². The lowest BCUT2D eigenvalue weighted by Crippen LogP contribution is -2.12. The first-order valence-corrected chi connectivity index (χ1v) is 7.40. The van der Waals surface area contributed by atoms with Gasteiger partial charge in [0.1, 0.15) is 0 Å². The number of aromatic amines is 1. The Bertz CT molecular complexity index is 804. The quantitative estimate of drug-likeness (QED) is 0.619. The molecular weight excluding hydrogens is 361 g/mol. The maximum absolute atomic E-state index is 12.9. The van der Waals surface area contributed by atoms with Gasteiger partial charge in [0.25, 0.3) is 5.82 Å². The average molecular weight is 376 g/mol. The van der Waals surface area contributed by atoms with Crippen molar-refractivity contribution < 1.29 is 27.4 Å². The van der Waals surface area contributed by atoms with Crippen molar-refractivity contribution in [3.8, 4) is 17.2 Å². The van der Waals surface area contributed by atoms with E-state index in [2.05, 4.69) is 15.3 Å². The molecule has 1 N–H and O–H groups in total. The van der Waals surface area contributed by atoms with Crippen LogP contribution in [-0.2, 0) is 6.18 Å². The predicted molar refractivity (Wildman–Crippen MR) is 86.1 cm³/mol. The van der Waals surface area contributed by atoms with Crippen LogP contribution in [0.25, 0.3) is 0 Å². The predicted octanol–water partition coefficient (Wildman–Crippen LogP) is 3.26. The second-order valence-corrected chi connectivity index (χ2v) is 4.98. The number of alkyl halides is 3. The number of methoxy groups -OCH3 is 2. The van der Waals surface area contributed by atoms with Crippen LogP contribution in [0.15, 0.2) is 17.2 Å². The largest absolute Gasteiger partial charge is 0.493 e. The van der Waals surface area contributed by atoms with Crippen molar-refractivity contribution in [2.75, 3.05) is 20.8 Å². The highest BCUT2D eigenvalue weighted by molar-refractivity contribution is 7.71. The van der Waals surface area contributed by atoms with Crippen molar-refractivity contribution in [2.45, 2.75) is 13.1 Å². The molecule has 0 atom stereocenters. The van der Waals surface area contributed by atoms with E-state index in [4.69, 9.17) is 26.4 Å². The molecule has 2 aromatic rings. The van der Waals surface area contributed by atoms with Gasteiger partial charge in [-0.3, -0.25) is 0 Å². The van der Waals surface area contributed by atoms with Crippen molar-refractivity contribution in [1.29, 1.82) is 0 Å². The van der Waals surface area contributed by atoms with E-state index in [1.54, 1.807) is 19.1 Å². The summed E-state index contributed by atoms with van der Waals surface area (Å²) in [5, 5.41) is 8.96. The number of ether oxygens (including phenoxy) is 3. The fourth-order valence-electron chi connectivity index (χ4n) is 1.97. The fourth-order valence-corrected chi connectivity index (χ4v) is 2.15. The number of rotatable bonds is 6. The van der Waals surface area contributed by atoms with Gasteiger partial charge in [0.15, 0.2) is 11.5 Å². The molecule has 0 bridgehead atoms. The zero-order valence-corrected chi connectivity index (χ0v) is 14.4. The molecule has 0 fully saturated rings. The van der Waals surface area contributed by atoms with Crippen LogP contribution in [0.2, 0.25) is 0 Å². The van der Waals surface area contributed by atoms with Gasteiger partial charge in [0, 0.05) is 5.56 Å². The molecule has 0 unspecified atom stereocenters. The molecule has 2 rings (SSSR count). The maximum atomic E-state index is 12.9. The number of H-pyrrole nitrogens is 1. The second kappa shape index (κ2) is 7.55. The SMILES string of the molecule is CCOc1c(OC)cc(/C=N\n2c(C(F)(F)F)n[nH]c2=S)cc1OC. The summed E-state index contributed by atoms with van der Waals surface area (Å²) < 4.78 is 54.8. The summed E-state index contributed by atoms with van der Waals surface area (Å²) >= 11 is 4.77. The lowest BCUT2D eigenvalue weighted by atomic mass is 10.2. The van der Waals surface area contributed by atoms with E-state index in [9.17, 15) is 13.2 Å². The van der Waals surface area contributed by atoms with Gasteiger partial charge in [0.2, 0.25) is 10.5 Å². The third-order valence-electron chi connectivity index (χ3n) is 3.00. The Kier molecular flexibility index (Phi) is 5.67. The molecule has 1 aromatic carbocycles. The molecule has 0 saturated heterocycles. The first kappa shape index (κ1) is 18.8. The normalized spacial score (nSPS) is 11.8. The molecule has 0 aliphatic heterocycles. The van der Waals surface area contributed by atoms with Crippen LogP contribution in [0.3, 0.4) is 0 Å². The molecular formula is C14H15F3N4O3S. The van der Waals surface area contributed by atoms with E-state index < -0.39 is 12.0 Å². The summed E-state index contributed by atoms with van der Waals surface area (Å²) in [6.45, 7) is 2.19. The molecule has 0 radical (unpaired) electrons. The molecule has 1 heterocycles. The molecule has 7 nitrogen and oxygen atoms in total. The van der Waals surface area contributed by atoms with Crippen molar-refractivity contribution in [3.63, 3.8) is 0 Å². The topological polar surface area (TPSA) is 73.7 Å². The average Bonchev–Trinajstić information content (AvgIpc) is 2.94. The van der Waals surface area contributed by atoms with Crippen LogP contribution in [0.1, 0.15) is 18.3 Å². The number of aromatic nitrogens is 3. The summed E-state index contributed by atoms with van der Waals surface area (Å²) in [5.74, 6) is -0.150. The van der Waals surface area contributed by atoms with Crippen LogP contribution in [-0.4, -0.2) is 41.9 Å². The summed E-state index contributed by atoms with van der Waals surface area (Å²) in [6.07, 6.45) is -3.51. The monoisotopic (exact) mass is 376 g/mol. The van der Waals surface area contributed by atoms with Crippen molar-refractivity contribution >= 4 is 18.4 Å². The minimum atomic E-state index is -4.70. The van der Waals surface area contributed by atoms with Crippen LogP contribution < -0.4 is 14.2 Å². The fraction of sp³-hybridized carbons (Fsp3) is 0.357. The molecule has 11 heteroatoms. The number of benzene rings is 1. The number of hydrogen-bond donors (Lipinski definition) is 1. The molecule has 0 amide bonds.